The summed E-state index contributed by atoms with van der Waals surface area (Å²) in [4.78, 5) is 27.3. The number of anilines is 1. The highest BCUT2D eigenvalue weighted by Gasteiger charge is 2.41. The first-order chi connectivity index (χ1) is 13.0. The largest absolute Gasteiger partial charge is 0.497 e. The molecule has 1 heterocycles. The molecule has 0 unspecified atom stereocenters. The van der Waals surface area contributed by atoms with Crippen molar-refractivity contribution in [3.05, 3.63) is 59.8 Å². The number of nitrogens with zero attached hydrogens (tertiary/aromatic N) is 1. The van der Waals surface area contributed by atoms with Crippen molar-refractivity contribution in [3.63, 3.8) is 0 Å². The Morgan fingerprint density at radius 3 is 2.33 bits per heavy atom. The Hall–Kier alpha value is -3.28. The van der Waals surface area contributed by atoms with Crippen molar-refractivity contribution in [2.24, 2.45) is 0 Å². The molecule has 6 nitrogen and oxygen atoms in total. The number of para-hydroxylation sites is 1. The number of amides is 2. The van der Waals surface area contributed by atoms with Gasteiger partial charge in [-0.25, -0.2) is 0 Å². The Morgan fingerprint density at radius 1 is 0.926 bits per heavy atom. The van der Waals surface area contributed by atoms with Crippen LogP contribution in [0.5, 0.6) is 11.5 Å². The highest BCUT2D eigenvalue weighted by Crippen LogP contribution is 2.36. The molecule has 1 aliphatic rings. The van der Waals surface area contributed by atoms with Crippen LogP contribution in [0.2, 0.25) is 0 Å². The lowest BCUT2D eigenvalue weighted by Gasteiger charge is -2.19. The van der Waals surface area contributed by atoms with Crippen molar-refractivity contribution in [1.82, 2.24) is 4.90 Å². The van der Waals surface area contributed by atoms with E-state index in [4.69, 9.17) is 9.47 Å². The van der Waals surface area contributed by atoms with E-state index in [0.717, 1.165) is 0 Å². The van der Waals surface area contributed by atoms with E-state index in [2.05, 4.69) is 5.32 Å². The van der Waals surface area contributed by atoms with E-state index in [0.29, 0.717) is 28.3 Å². The zero-order valence-electron chi connectivity index (χ0n) is 15.8. The molecule has 1 N–H and O–H groups in total. The molecule has 0 saturated carbocycles. The fraction of sp³-hybridized carbons (Fsp3) is 0.238. The van der Waals surface area contributed by atoms with Gasteiger partial charge in [0.05, 0.1) is 19.8 Å². The second-order valence-corrected chi connectivity index (χ2v) is 6.38. The fourth-order valence-electron chi connectivity index (χ4n) is 3.08. The zero-order valence-corrected chi connectivity index (χ0v) is 15.8. The fourth-order valence-corrected chi connectivity index (χ4v) is 3.08. The third-order valence-corrected chi connectivity index (χ3v) is 4.35. The number of methoxy groups -OCH3 is 2. The van der Waals surface area contributed by atoms with Gasteiger partial charge in [0.15, 0.2) is 0 Å². The molecular formula is C21H22N2O4. The Morgan fingerprint density at radius 2 is 1.67 bits per heavy atom. The average Bonchev–Trinajstić information content (AvgIpc) is 2.91. The van der Waals surface area contributed by atoms with Gasteiger partial charge in [0, 0.05) is 23.4 Å². The number of carbonyl (C=O) groups is 2. The summed E-state index contributed by atoms with van der Waals surface area (Å²) in [5.41, 5.74) is 1.76. The normalized spacial score (nSPS) is 14.2. The van der Waals surface area contributed by atoms with Crippen molar-refractivity contribution in [2.45, 2.75) is 19.9 Å². The van der Waals surface area contributed by atoms with E-state index in [1.165, 1.54) is 12.0 Å². The number of ether oxygens (including phenoxy) is 2. The highest BCUT2D eigenvalue weighted by atomic mass is 16.5. The van der Waals surface area contributed by atoms with Crippen molar-refractivity contribution >= 4 is 23.1 Å². The second-order valence-electron chi connectivity index (χ2n) is 6.38. The van der Waals surface area contributed by atoms with Crippen molar-refractivity contribution in [1.29, 1.82) is 0 Å². The van der Waals surface area contributed by atoms with Crippen LogP contribution < -0.4 is 14.8 Å². The van der Waals surface area contributed by atoms with Crippen LogP contribution in [0.15, 0.2) is 54.2 Å². The molecule has 2 aromatic rings. The lowest BCUT2D eigenvalue weighted by Crippen LogP contribution is -2.38. The van der Waals surface area contributed by atoms with Gasteiger partial charge in [-0.3, -0.25) is 14.5 Å². The van der Waals surface area contributed by atoms with Crippen LogP contribution in [0.4, 0.5) is 5.69 Å². The van der Waals surface area contributed by atoms with Crippen molar-refractivity contribution < 1.29 is 19.1 Å². The monoisotopic (exact) mass is 366 g/mol. The highest BCUT2D eigenvalue weighted by molar-refractivity contribution is 6.37. The maximum atomic E-state index is 13.1. The first-order valence-electron chi connectivity index (χ1n) is 8.64. The maximum Gasteiger partial charge on any atom is 0.278 e. The minimum Gasteiger partial charge on any atom is -0.497 e. The molecule has 0 spiro atoms. The molecule has 2 amide bonds. The number of hydrogen-bond acceptors (Lipinski definition) is 5. The minimum atomic E-state index is -0.362. The summed E-state index contributed by atoms with van der Waals surface area (Å²) in [6, 6.07) is 14.1. The number of benzene rings is 2. The summed E-state index contributed by atoms with van der Waals surface area (Å²) < 4.78 is 10.6. The third kappa shape index (κ3) is 3.38. The minimum absolute atomic E-state index is 0.228. The smallest absolute Gasteiger partial charge is 0.278 e. The van der Waals surface area contributed by atoms with Crippen molar-refractivity contribution in [2.75, 3.05) is 19.5 Å². The summed E-state index contributed by atoms with van der Waals surface area (Å²) >= 11 is 0. The van der Waals surface area contributed by atoms with Crippen LogP contribution in [0.3, 0.4) is 0 Å². The molecule has 27 heavy (non-hydrogen) atoms. The molecule has 1 aliphatic heterocycles. The van der Waals surface area contributed by atoms with Crippen LogP contribution in [0.1, 0.15) is 19.4 Å². The van der Waals surface area contributed by atoms with Crippen LogP contribution >= 0.6 is 0 Å². The first kappa shape index (κ1) is 18.5. The summed E-state index contributed by atoms with van der Waals surface area (Å²) in [5, 5.41) is 3.11. The standard InChI is InChI=1S/C21H22N2O4/c1-13(2)23-20(24)18(16-10-5-6-11-17(16)27-4)19(21(23)25)22-14-8-7-9-15(12-14)26-3/h5-13,22H,1-4H3. The molecular weight excluding hydrogens is 344 g/mol. The molecule has 2 aromatic carbocycles. The molecule has 6 heteroatoms. The van der Waals surface area contributed by atoms with Gasteiger partial charge in [-0.1, -0.05) is 24.3 Å². The first-order valence-corrected chi connectivity index (χ1v) is 8.64. The average molecular weight is 366 g/mol. The predicted molar refractivity (Wildman–Crippen MR) is 104 cm³/mol. The summed E-state index contributed by atoms with van der Waals surface area (Å²) in [5.74, 6) is 0.477. The molecule has 140 valence electrons. The quantitative estimate of drug-likeness (QED) is 0.795. The van der Waals surface area contributed by atoms with Gasteiger partial charge in [0.25, 0.3) is 11.8 Å². The van der Waals surface area contributed by atoms with Gasteiger partial charge in [-0.15, -0.1) is 0 Å². The van der Waals surface area contributed by atoms with Gasteiger partial charge < -0.3 is 14.8 Å². The van der Waals surface area contributed by atoms with E-state index < -0.39 is 0 Å². The van der Waals surface area contributed by atoms with E-state index in [1.54, 1.807) is 25.3 Å². The number of rotatable bonds is 6. The van der Waals surface area contributed by atoms with Crippen molar-refractivity contribution in [3.8, 4) is 11.5 Å². The van der Waals surface area contributed by atoms with E-state index in [9.17, 15) is 9.59 Å². The lowest BCUT2D eigenvalue weighted by atomic mass is 10.0. The molecule has 0 radical (unpaired) electrons. The van der Waals surface area contributed by atoms with Gasteiger partial charge in [-0.05, 0) is 32.0 Å². The van der Waals surface area contributed by atoms with Crippen LogP contribution in [0, 0.1) is 0 Å². The SMILES string of the molecule is COc1cccc(NC2=C(c3ccccc3OC)C(=O)N(C(C)C)C2=O)c1. The summed E-state index contributed by atoms with van der Waals surface area (Å²) in [6.45, 7) is 3.62. The van der Waals surface area contributed by atoms with Crippen LogP contribution in [-0.2, 0) is 9.59 Å². The summed E-state index contributed by atoms with van der Waals surface area (Å²) in [6.07, 6.45) is 0. The molecule has 0 fully saturated rings. The molecule has 0 atom stereocenters. The van der Waals surface area contributed by atoms with Gasteiger partial charge in [0.1, 0.15) is 17.2 Å². The van der Waals surface area contributed by atoms with Gasteiger partial charge in [0.2, 0.25) is 0 Å². The predicted octanol–water partition coefficient (Wildman–Crippen LogP) is 3.30. The Bertz CT molecular complexity index is 918. The molecule has 0 aliphatic carbocycles. The topological polar surface area (TPSA) is 67.9 Å². The Kier molecular flexibility index (Phi) is 5.16. The Balaban J connectivity index is 2.14. The van der Waals surface area contributed by atoms with Gasteiger partial charge in [-0.2, -0.15) is 0 Å². The number of carbonyl (C=O) groups excluding carboxylic acids is 2. The van der Waals surface area contributed by atoms with E-state index in [1.807, 2.05) is 44.2 Å². The number of hydrogen-bond donors (Lipinski definition) is 1. The number of imide groups is 1. The summed E-state index contributed by atoms with van der Waals surface area (Å²) in [7, 11) is 3.11. The van der Waals surface area contributed by atoms with Crippen LogP contribution in [-0.4, -0.2) is 37.0 Å². The maximum absolute atomic E-state index is 13.1. The second kappa shape index (κ2) is 7.53. The molecule has 3 rings (SSSR count). The number of nitrogens with one attached hydrogen (secondary N) is 1. The molecule has 0 aromatic heterocycles. The van der Waals surface area contributed by atoms with E-state index in [-0.39, 0.29) is 23.6 Å². The molecule has 0 saturated heterocycles. The molecule has 0 bridgehead atoms. The Labute approximate surface area is 158 Å². The van der Waals surface area contributed by atoms with Crippen LogP contribution in [0.25, 0.3) is 5.57 Å². The lowest BCUT2D eigenvalue weighted by molar-refractivity contribution is -0.138. The van der Waals surface area contributed by atoms with E-state index >= 15 is 0 Å². The van der Waals surface area contributed by atoms with Gasteiger partial charge >= 0.3 is 0 Å². The third-order valence-electron chi connectivity index (χ3n) is 4.35. The zero-order chi connectivity index (χ0) is 19.6.